The zero-order chi connectivity index (χ0) is 13.9. The molecule has 0 amide bonds. The van der Waals surface area contributed by atoms with Gasteiger partial charge in [-0.3, -0.25) is 0 Å². The van der Waals surface area contributed by atoms with Crippen LogP contribution in [0, 0.1) is 0 Å². The summed E-state index contributed by atoms with van der Waals surface area (Å²) in [4.78, 5) is 6.77. The van der Waals surface area contributed by atoms with Crippen molar-refractivity contribution in [3.63, 3.8) is 0 Å². The fourth-order valence-corrected chi connectivity index (χ4v) is 3.04. The van der Waals surface area contributed by atoms with Crippen molar-refractivity contribution < 1.29 is 4.74 Å². The van der Waals surface area contributed by atoms with Crippen LogP contribution in [0.5, 0.6) is 0 Å². The molecular weight excluding hydrogens is 276 g/mol. The van der Waals surface area contributed by atoms with E-state index in [-0.39, 0.29) is 6.10 Å². The first kappa shape index (κ1) is 13.4. The number of morpholine rings is 1. The Labute approximate surface area is 121 Å². The van der Waals surface area contributed by atoms with E-state index in [9.17, 15) is 0 Å². The highest BCUT2D eigenvalue weighted by Crippen LogP contribution is 2.26. The molecule has 1 aliphatic heterocycles. The number of nitrogens with zero attached hydrogens (tertiary/aromatic N) is 6. The molecule has 1 saturated heterocycles. The van der Waals surface area contributed by atoms with Crippen LogP contribution < -0.4 is 4.90 Å². The van der Waals surface area contributed by atoms with Crippen LogP contribution in [0.25, 0.3) is 0 Å². The van der Waals surface area contributed by atoms with Gasteiger partial charge >= 0.3 is 0 Å². The Bertz CT molecular complexity index is 568. The van der Waals surface area contributed by atoms with Gasteiger partial charge < -0.3 is 14.2 Å². The van der Waals surface area contributed by atoms with Crippen molar-refractivity contribution in [1.82, 2.24) is 24.1 Å². The highest BCUT2D eigenvalue weighted by molar-refractivity contribution is 7.09. The summed E-state index contributed by atoms with van der Waals surface area (Å²) in [7, 11) is 0. The predicted octanol–water partition coefficient (Wildman–Crippen LogP) is 1.29. The highest BCUT2D eigenvalue weighted by Gasteiger charge is 2.27. The van der Waals surface area contributed by atoms with Gasteiger partial charge in [-0.25, -0.2) is 4.98 Å². The van der Waals surface area contributed by atoms with Crippen molar-refractivity contribution in [2.45, 2.75) is 32.9 Å². The summed E-state index contributed by atoms with van der Waals surface area (Å²) in [6.07, 6.45) is 2.56. The lowest BCUT2D eigenvalue weighted by molar-refractivity contribution is 0.0316. The van der Waals surface area contributed by atoms with E-state index < -0.39 is 0 Å². The lowest BCUT2D eigenvalue weighted by Gasteiger charge is -2.31. The summed E-state index contributed by atoms with van der Waals surface area (Å²) in [6, 6.07) is 0. The molecule has 0 saturated carbocycles. The molecule has 0 aromatic carbocycles. The first-order chi connectivity index (χ1) is 9.81. The van der Waals surface area contributed by atoms with Crippen LogP contribution in [0.2, 0.25) is 0 Å². The zero-order valence-corrected chi connectivity index (χ0v) is 12.5. The second-order valence-corrected chi connectivity index (χ2v) is 5.36. The zero-order valence-electron chi connectivity index (χ0n) is 11.7. The highest BCUT2D eigenvalue weighted by atomic mass is 32.1. The van der Waals surface area contributed by atoms with Crippen LogP contribution in [0.3, 0.4) is 0 Å². The maximum Gasteiger partial charge on any atom is 0.205 e. The van der Waals surface area contributed by atoms with Crippen LogP contribution in [0.1, 0.15) is 31.6 Å². The van der Waals surface area contributed by atoms with E-state index in [1.165, 1.54) is 11.5 Å². The van der Waals surface area contributed by atoms with Crippen LogP contribution in [0.4, 0.5) is 5.13 Å². The third-order valence-electron chi connectivity index (χ3n) is 3.38. The quantitative estimate of drug-likeness (QED) is 0.846. The SMILES string of the molecule is CCc1nsc(N2CCOC(c3nncn3CC)C2)n1. The predicted molar refractivity (Wildman–Crippen MR) is 75.9 cm³/mol. The molecule has 3 rings (SSSR count). The molecular formula is C12H18N6OS. The van der Waals surface area contributed by atoms with Gasteiger partial charge in [-0.05, 0) is 6.92 Å². The van der Waals surface area contributed by atoms with Crippen molar-refractivity contribution in [2.75, 3.05) is 24.6 Å². The van der Waals surface area contributed by atoms with E-state index in [2.05, 4.69) is 38.3 Å². The summed E-state index contributed by atoms with van der Waals surface area (Å²) in [6.45, 7) is 7.25. The first-order valence-electron chi connectivity index (χ1n) is 6.88. The first-order valence-corrected chi connectivity index (χ1v) is 7.66. The molecule has 1 aliphatic rings. The fourth-order valence-electron chi connectivity index (χ4n) is 2.25. The minimum absolute atomic E-state index is 0.0554. The second kappa shape index (κ2) is 5.84. The molecule has 3 heterocycles. The number of rotatable bonds is 4. The molecule has 0 aliphatic carbocycles. The van der Waals surface area contributed by atoms with Crippen molar-refractivity contribution in [3.05, 3.63) is 18.0 Å². The molecule has 1 atom stereocenters. The van der Waals surface area contributed by atoms with Crippen LogP contribution >= 0.6 is 11.5 Å². The van der Waals surface area contributed by atoms with Gasteiger partial charge in [0.2, 0.25) is 5.13 Å². The van der Waals surface area contributed by atoms with Gasteiger partial charge in [-0.1, -0.05) is 6.92 Å². The number of hydrogen-bond acceptors (Lipinski definition) is 7. The van der Waals surface area contributed by atoms with Crippen LogP contribution in [0.15, 0.2) is 6.33 Å². The van der Waals surface area contributed by atoms with Crippen LogP contribution in [-0.4, -0.2) is 43.8 Å². The Balaban J connectivity index is 1.76. The molecule has 7 nitrogen and oxygen atoms in total. The third-order valence-corrected chi connectivity index (χ3v) is 4.20. The lowest BCUT2D eigenvalue weighted by Crippen LogP contribution is -2.39. The molecule has 0 N–H and O–H groups in total. The van der Waals surface area contributed by atoms with E-state index in [1.54, 1.807) is 6.33 Å². The summed E-state index contributed by atoms with van der Waals surface area (Å²) in [5.74, 6) is 1.79. The van der Waals surface area contributed by atoms with Crippen molar-refractivity contribution in [1.29, 1.82) is 0 Å². The maximum atomic E-state index is 5.84. The Kier molecular flexibility index (Phi) is 3.93. The topological polar surface area (TPSA) is 69.0 Å². The van der Waals surface area contributed by atoms with E-state index in [0.29, 0.717) is 6.61 Å². The Morgan fingerprint density at radius 3 is 3.10 bits per heavy atom. The van der Waals surface area contributed by atoms with Crippen molar-refractivity contribution >= 4 is 16.7 Å². The summed E-state index contributed by atoms with van der Waals surface area (Å²) in [5.41, 5.74) is 0. The Morgan fingerprint density at radius 1 is 1.45 bits per heavy atom. The molecule has 1 fully saturated rings. The van der Waals surface area contributed by atoms with E-state index in [0.717, 1.165) is 42.8 Å². The van der Waals surface area contributed by atoms with E-state index in [4.69, 9.17) is 4.74 Å². The smallest absolute Gasteiger partial charge is 0.205 e. The standard InChI is InChI=1S/C12H18N6OS/c1-3-10-14-12(20-16-10)18-5-6-19-9(7-18)11-15-13-8-17(11)4-2/h8-9H,3-7H2,1-2H3. The molecule has 2 aromatic heterocycles. The monoisotopic (exact) mass is 294 g/mol. The van der Waals surface area contributed by atoms with Gasteiger partial charge in [-0.2, -0.15) is 4.37 Å². The molecule has 2 aromatic rings. The summed E-state index contributed by atoms with van der Waals surface area (Å²) >= 11 is 1.46. The van der Waals surface area contributed by atoms with Gasteiger partial charge in [0.1, 0.15) is 18.3 Å². The molecule has 0 spiro atoms. The van der Waals surface area contributed by atoms with Gasteiger partial charge in [0.25, 0.3) is 0 Å². The van der Waals surface area contributed by atoms with Crippen LogP contribution in [-0.2, 0) is 17.7 Å². The molecule has 20 heavy (non-hydrogen) atoms. The van der Waals surface area contributed by atoms with Crippen molar-refractivity contribution in [3.8, 4) is 0 Å². The van der Waals surface area contributed by atoms with E-state index in [1.807, 2.05) is 4.57 Å². The lowest BCUT2D eigenvalue weighted by atomic mass is 10.2. The van der Waals surface area contributed by atoms with Crippen molar-refractivity contribution in [2.24, 2.45) is 0 Å². The number of aromatic nitrogens is 5. The van der Waals surface area contributed by atoms with Gasteiger partial charge in [0.05, 0.1) is 13.2 Å². The number of ether oxygens (including phenoxy) is 1. The van der Waals surface area contributed by atoms with E-state index >= 15 is 0 Å². The third kappa shape index (κ3) is 2.53. The maximum absolute atomic E-state index is 5.84. The normalized spacial score (nSPS) is 19.5. The molecule has 0 bridgehead atoms. The minimum atomic E-state index is -0.0554. The largest absolute Gasteiger partial charge is 0.366 e. The fraction of sp³-hybridized carbons (Fsp3) is 0.667. The second-order valence-electron chi connectivity index (χ2n) is 4.63. The number of hydrogen-bond donors (Lipinski definition) is 0. The molecule has 8 heteroatoms. The average Bonchev–Trinajstić information content (AvgIpc) is 3.16. The number of anilines is 1. The number of aryl methyl sites for hydroxylation is 2. The summed E-state index contributed by atoms with van der Waals surface area (Å²) in [5, 5.41) is 9.13. The minimum Gasteiger partial charge on any atom is -0.366 e. The Hall–Kier alpha value is -1.54. The Morgan fingerprint density at radius 2 is 2.35 bits per heavy atom. The molecule has 108 valence electrons. The van der Waals surface area contributed by atoms with Gasteiger partial charge in [-0.15, -0.1) is 10.2 Å². The van der Waals surface area contributed by atoms with Gasteiger partial charge in [0.15, 0.2) is 5.82 Å². The average molecular weight is 294 g/mol. The summed E-state index contributed by atoms with van der Waals surface area (Å²) < 4.78 is 12.2. The molecule has 0 radical (unpaired) electrons. The molecule has 1 unspecified atom stereocenters. The van der Waals surface area contributed by atoms with Gasteiger partial charge in [0, 0.05) is 31.0 Å².